The van der Waals surface area contributed by atoms with Crippen molar-refractivity contribution in [2.45, 2.75) is 65.5 Å². The number of carbonyl (C=O) groups is 2. The first-order chi connectivity index (χ1) is 20.6. The number of unbranched alkanes of at least 4 members (excludes halogenated alkanes) is 1. The third-order valence-electron chi connectivity index (χ3n) is 7.91. The minimum Gasteiger partial charge on any atom is -0.488 e. The van der Waals surface area contributed by atoms with Gasteiger partial charge >= 0.3 is 6.09 Å². The SMILES string of the molecule is COCCCCOc1cccnc1OC(=O)NC[C@@H](C[C@H](N)[C@@H](O)C[C@H](C(=O)NCCN1CCOCC1)C(C)C)C(C)C. The van der Waals surface area contributed by atoms with Crippen LogP contribution in [0.2, 0.25) is 0 Å². The van der Waals surface area contributed by atoms with E-state index in [4.69, 9.17) is 24.7 Å². The van der Waals surface area contributed by atoms with Crippen LogP contribution >= 0.6 is 0 Å². The Hall–Kier alpha value is -2.51. The minimum atomic E-state index is -0.859. The van der Waals surface area contributed by atoms with E-state index in [9.17, 15) is 14.7 Å². The van der Waals surface area contributed by atoms with E-state index in [2.05, 4.69) is 20.5 Å². The first kappa shape index (κ1) is 36.7. The molecule has 0 radical (unpaired) electrons. The molecule has 1 aromatic rings. The molecular formula is C31H55N5O7. The van der Waals surface area contributed by atoms with Crippen molar-refractivity contribution in [2.75, 3.05) is 66.3 Å². The van der Waals surface area contributed by atoms with Gasteiger partial charge in [0.15, 0.2) is 5.75 Å². The van der Waals surface area contributed by atoms with Gasteiger partial charge in [0.1, 0.15) is 0 Å². The van der Waals surface area contributed by atoms with Gasteiger partial charge in [0.05, 0.1) is 25.9 Å². The zero-order chi connectivity index (χ0) is 31.6. The summed E-state index contributed by atoms with van der Waals surface area (Å²) in [4.78, 5) is 32.0. The van der Waals surface area contributed by atoms with E-state index in [1.54, 1.807) is 19.2 Å². The van der Waals surface area contributed by atoms with E-state index in [0.717, 1.165) is 45.7 Å². The fourth-order valence-electron chi connectivity index (χ4n) is 4.94. The van der Waals surface area contributed by atoms with Crippen molar-refractivity contribution in [1.29, 1.82) is 0 Å². The van der Waals surface area contributed by atoms with Crippen molar-refractivity contribution < 1.29 is 33.6 Å². The number of aliphatic hydroxyl groups is 1. The standard InChI is InChI=1S/C31H55N5O7/c1-22(2)24(21-35-31(39)43-30-28(9-8-10-34-30)42-16-7-6-15-40-5)19-26(32)27(37)20-25(23(3)4)29(38)33-11-12-36-13-17-41-18-14-36/h8-10,22-27,37H,6-7,11-21,32H2,1-5H3,(H,33,38)(H,35,39)/t24-,25+,26+,27+/m1/s1. The third-order valence-corrected chi connectivity index (χ3v) is 7.91. The molecule has 43 heavy (non-hydrogen) atoms. The highest BCUT2D eigenvalue weighted by atomic mass is 16.6. The highest BCUT2D eigenvalue weighted by Crippen LogP contribution is 2.25. The zero-order valence-electron chi connectivity index (χ0n) is 26.8. The maximum Gasteiger partial charge on any atom is 0.414 e. The minimum absolute atomic E-state index is 0.0164. The average molecular weight is 610 g/mol. The number of pyridine rings is 1. The van der Waals surface area contributed by atoms with Crippen LogP contribution < -0.4 is 25.8 Å². The van der Waals surface area contributed by atoms with Crippen molar-refractivity contribution in [2.24, 2.45) is 29.4 Å². The Morgan fingerprint density at radius 3 is 2.49 bits per heavy atom. The van der Waals surface area contributed by atoms with Crippen LogP contribution in [0, 0.1) is 23.7 Å². The summed E-state index contributed by atoms with van der Waals surface area (Å²) in [6.07, 6.45) is 2.44. The van der Waals surface area contributed by atoms with Crippen LogP contribution in [-0.4, -0.2) is 105 Å². The average Bonchev–Trinajstić information content (AvgIpc) is 2.98. The normalized spacial score (nSPS) is 16.9. The summed E-state index contributed by atoms with van der Waals surface area (Å²) in [7, 11) is 1.66. The van der Waals surface area contributed by atoms with Crippen LogP contribution in [0.15, 0.2) is 18.3 Å². The topological polar surface area (TPSA) is 158 Å². The Morgan fingerprint density at radius 1 is 1.09 bits per heavy atom. The fraction of sp³-hybridized carbons (Fsp3) is 0.774. The molecule has 0 saturated carbocycles. The summed E-state index contributed by atoms with van der Waals surface area (Å²) in [6.45, 7) is 14.0. The lowest BCUT2D eigenvalue weighted by atomic mass is 9.83. The van der Waals surface area contributed by atoms with Gasteiger partial charge in [0.25, 0.3) is 5.88 Å². The number of carbonyl (C=O) groups excluding carboxylic acids is 2. The summed E-state index contributed by atoms with van der Waals surface area (Å²) in [5, 5.41) is 16.8. The Morgan fingerprint density at radius 2 is 1.81 bits per heavy atom. The van der Waals surface area contributed by atoms with Gasteiger partial charge in [0, 0.05) is 64.6 Å². The molecule has 1 aromatic heterocycles. The van der Waals surface area contributed by atoms with Crippen molar-refractivity contribution in [3.05, 3.63) is 18.3 Å². The lowest BCUT2D eigenvalue weighted by Gasteiger charge is -2.30. The number of aromatic nitrogens is 1. The van der Waals surface area contributed by atoms with E-state index in [1.165, 1.54) is 6.20 Å². The lowest BCUT2D eigenvalue weighted by molar-refractivity contribution is -0.127. The van der Waals surface area contributed by atoms with Crippen LogP contribution in [0.1, 0.15) is 53.4 Å². The number of amides is 2. The molecule has 0 bridgehead atoms. The number of nitrogens with two attached hydrogens (primary N) is 1. The van der Waals surface area contributed by atoms with Crippen LogP contribution in [0.3, 0.4) is 0 Å². The number of nitrogens with one attached hydrogen (secondary N) is 2. The Kier molecular flexibility index (Phi) is 17.4. The highest BCUT2D eigenvalue weighted by molar-refractivity contribution is 5.78. The molecule has 0 spiro atoms. The molecular weight excluding hydrogens is 554 g/mol. The number of hydrogen-bond acceptors (Lipinski definition) is 10. The summed E-state index contributed by atoms with van der Waals surface area (Å²) >= 11 is 0. The number of aliphatic hydroxyl groups excluding tert-OH is 1. The van der Waals surface area contributed by atoms with Crippen molar-refractivity contribution >= 4 is 12.0 Å². The molecule has 1 aliphatic rings. The second-order valence-electron chi connectivity index (χ2n) is 11.9. The molecule has 0 aromatic carbocycles. The molecule has 12 nitrogen and oxygen atoms in total. The number of hydrogen-bond donors (Lipinski definition) is 4. The summed E-state index contributed by atoms with van der Waals surface area (Å²) < 4.78 is 21.6. The monoisotopic (exact) mass is 609 g/mol. The predicted octanol–water partition coefficient (Wildman–Crippen LogP) is 2.44. The van der Waals surface area contributed by atoms with Crippen LogP contribution in [0.25, 0.3) is 0 Å². The van der Waals surface area contributed by atoms with Crippen LogP contribution in [0.5, 0.6) is 11.6 Å². The maximum atomic E-state index is 13.0. The molecule has 246 valence electrons. The summed E-state index contributed by atoms with van der Waals surface area (Å²) in [6, 6.07) is 2.87. The van der Waals surface area contributed by atoms with E-state index in [-0.39, 0.29) is 41.9 Å². The predicted molar refractivity (Wildman–Crippen MR) is 165 cm³/mol. The smallest absolute Gasteiger partial charge is 0.414 e. The van der Waals surface area contributed by atoms with Gasteiger partial charge in [-0.15, -0.1) is 0 Å². The molecule has 4 atom stereocenters. The lowest BCUT2D eigenvalue weighted by Crippen LogP contribution is -2.45. The number of methoxy groups -OCH3 is 1. The quantitative estimate of drug-likeness (QED) is 0.162. The van der Waals surface area contributed by atoms with Gasteiger partial charge in [-0.2, -0.15) is 0 Å². The van der Waals surface area contributed by atoms with Gasteiger partial charge in [-0.3, -0.25) is 9.69 Å². The molecule has 2 heterocycles. The van der Waals surface area contributed by atoms with Crippen molar-refractivity contribution in [1.82, 2.24) is 20.5 Å². The molecule has 2 amide bonds. The third kappa shape index (κ3) is 14.2. The molecule has 5 N–H and O–H groups in total. The van der Waals surface area contributed by atoms with E-state index < -0.39 is 18.2 Å². The first-order valence-corrected chi connectivity index (χ1v) is 15.7. The summed E-state index contributed by atoms with van der Waals surface area (Å²) in [5.41, 5.74) is 6.45. The van der Waals surface area contributed by atoms with Gasteiger partial charge < -0.3 is 40.4 Å². The number of ether oxygens (including phenoxy) is 4. The van der Waals surface area contributed by atoms with Gasteiger partial charge in [0.2, 0.25) is 5.91 Å². The molecule has 0 unspecified atom stereocenters. The molecule has 2 rings (SSSR count). The van der Waals surface area contributed by atoms with Crippen LogP contribution in [0.4, 0.5) is 4.79 Å². The van der Waals surface area contributed by atoms with Crippen molar-refractivity contribution in [3.8, 4) is 11.6 Å². The Bertz CT molecular complexity index is 930. The molecule has 12 heteroatoms. The van der Waals surface area contributed by atoms with E-state index >= 15 is 0 Å². The van der Waals surface area contributed by atoms with Crippen LogP contribution in [-0.2, 0) is 14.3 Å². The summed E-state index contributed by atoms with van der Waals surface area (Å²) in [5.74, 6) is 0.293. The number of rotatable bonds is 20. The first-order valence-electron chi connectivity index (χ1n) is 15.7. The largest absolute Gasteiger partial charge is 0.488 e. The van der Waals surface area contributed by atoms with Gasteiger partial charge in [-0.25, -0.2) is 9.78 Å². The molecule has 1 aliphatic heterocycles. The maximum absolute atomic E-state index is 13.0. The highest BCUT2D eigenvalue weighted by Gasteiger charge is 2.30. The zero-order valence-corrected chi connectivity index (χ0v) is 26.8. The fourth-order valence-corrected chi connectivity index (χ4v) is 4.94. The number of morpholine rings is 1. The van der Waals surface area contributed by atoms with Gasteiger partial charge in [-0.05, 0) is 55.6 Å². The molecule has 1 fully saturated rings. The second-order valence-corrected chi connectivity index (χ2v) is 11.9. The molecule has 1 saturated heterocycles. The van der Waals surface area contributed by atoms with E-state index in [0.29, 0.717) is 38.5 Å². The van der Waals surface area contributed by atoms with E-state index in [1.807, 2.05) is 27.7 Å². The second kappa shape index (κ2) is 20.4. The van der Waals surface area contributed by atoms with Gasteiger partial charge in [-0.1, -0.05) is 27.7 Å². The molecule has 0 aliphatic carbocycles. The Balaban J connectivity index is 1.83. The van der Waals surface area contributed by atoms with Crippen molar-refractivity contribution in [3.63, 3.8) is 0 Å². The Labute approximate surface area is 257 Å². The number of nitrogens with zero attached hydrogens (tertiary/aromatic N) is 2.